The fourth-order valence-electron chi connectivity index (χ4n) is 4.38. The van der Waals surface area contributed by atoms with Crippen LogP contribution in [0.1, 0.15) is 26.1 Å². The number of anilines is 1. The van der Waals surface area contributed by atoms with E-state index in [9.17, 15) is 0 Å². The Kier molecular flexibility index (Phi) is 5.93. The van der Waals surface area contributed by atoms with Crippen molar-refractivity contribution in [1.82, 2.24) is 14.9 Å². The van der Waals surface area contributed by atoms with Crippen LogP contribution in [0.15, 0.2) is 35.7 Å². The lowest BCUT2D eigenvalue weighted by Crippen LogP contribution is -2.50. The maximum Gasteiger partial charge on any atom is 0.146 e. The SMILES string of the molecule is CCC1(C)CN(c2nc(CN3CCOCC3)nc3scc(-c4ccccc4)c23)CCO1. The van der Waals surface area contributed by atoms with Gasteiger partial charge >= 0.3 is 0 Å². The van der Waals surface area contributed by atoms with Crippen molar-refractivity contribution in [3.05, 3.63) is 41.5 Å². The van der Waals surface area contributed by atoms with Gasteiger partial charge in [-0.25, -0.2) is 9.97 Å². The van der Waals surface area contributed by atoms with Gasteiger partial charge in [-0.2, -0.15) is 0 Å². The Labute approximate surface area is 187 Å². The fraction of sp³-hybridized carbons (Fsp3) is 0.500. The Bertz CT molecular complexity index is 1030. The van der Waals surface area contributed by atoms with Crippen molar-refractivity contribution in [2.24, 2.45) is 0 Å². The van der Waals surface area contributed by atoms with Crippen LogP contribution in [0, 0.1) is 0 Å². The first kappa shape index (κ1) is 20.8. The molecule has 0 bridgehead atoms. The molecule has 2 aromatic heterocycles. The Balaban J connectivity index is 1.59. The summed E-state index contributed by atoms with van der Waals surface area (Å²) in [6, 6.07) is 10.6. The average Bonchev–Trinajstić information content (AvgIpc) is 3.24. The summed E-state index contributed by atoms with van der Waals surface area (Å²) in [5.74, 6) is 1.95. The molecule has 31 heavy (non-hydrogen) atoms. The van der Waals surface area contributed by atoms with E-state index in [2.05, 4.69) is 59.4 Å². The predicted octanol–water partition coefficient (Wildman–Crippen LogP) is 4.20. The molecule has 7 heteroatoms. The molecule has 6 nitrogen and oxygen atoms in total. The van der Waals surface area contributed by atoms with Gasteiger partial charge in [-0.15, -0.1) is 11.3 Å². The van der Waals surface area contributed by atoms with Crippen molar-refractivity contribution >= 4 is 27.4 Å². The van der Waals surface area contributed by atoms with Crippen LogP contribution in [0.4, 0.5) is 5.82 Å². The molecule has 2 aliphatic rings. The van der Waals surface area contributed by atoms with Crippen molar-refractivity contribution < 1.29 is 9.47 Å². The summed E-state index contributed by atoms with van der Waals surface area (Å²) < 4.78 is 11.6. The number of rotatable bonds is 5. The Morgan fingerprint density at radius 1 is 1.06 bits per heavy atom. The van der Waals surface area contributed by atoms with Crippen LogP contribution in [0.25, 0.3) is 21.3 Å². The van der Waals surface area contributed by atoms with Gasteiger partial charge in [0.05, 0.1) is 37.4 Å². The number of benzene rings is 1. The summed E-state index contributed by atoms with van der Waals surface area (Å²) in [6.07, 6.45) is 0.980. The van der Waals surface area contributed by atoms with Gasteiger partial charge in [0.2, 0.25) is 0 Å². The van der Waals surface area contributed by atoms with Gasteiger partial charge in [-0.05, 0) is 18.9 Å². The molecule has 4 heterocycles. The number of ether oxygens (including phenoxy) is 2. The summed E-state index contributed by atoms with van der Waals surface area (Å²) in [4.78, 5) is 16.0. The van der Waals surface area contributed by atoms with Crippen molar-refractivity contribution in [2.75, 3.05) is 50.9 Å². The molecule has 0 amide bonds. The number of thiophene rings is 1. The third-order valence-corrected chi connectivity index (χ3v) is 7.27. The largest absolute Gasteiger partial charge is 0.379 e. The van der Waals surface area contributed by atoms with Crippen LogP contribution in [0.2, 0.25) is 0 Å². The van der Waals surface area contributed by atoms with E-state index in [1.54, 1.807) is 11.3 Å². The van der Waals surface area contributed by atoms with Crippen LogP contribution in [0.5, 0.6) is 0 Å². The molecular formula is C24H30N4O2S. The van der Waals surface area contributed by atoms with Gasteiger partial charge in [0, 0.05) is 37.1 Å². The Hall–Kier alpha value is -2.06. The Morgan fingerprint density at radius 2 is 1.87 bits per heavy atom. The molecule has 0 N–H and O–H groups in total. The molecule has 2 saturated heterocycles. The minimum atomic E-state index is -0.150. The van der Waals surface area contributed by atoms with Crippen molar-refractivity contribution in [3.63, 3.8) is 0 Å². The number of nitrogens with zero attached hydrogens (tertiary/aromatic N) is 4. The van der Waals surface area contributed by atoms with Crippen molar-refractivity contribution in [3.8, 4) is 11.1 Å². The number of fused-ring (bicyclic) bond motifs is 1. The predicted molar refractivity (Wildman–Crippen MR) is 126 cm³/mol. The zero-order valence-electron chi connectivity index (χ0n) is 18.3. The zero-order valence-corrected chi connectivity index (χ0v) is 19.2. The monoisotopic (exact) mass is 438 g/mol. The molecule has 2 fully saturated rings. The van der Waals surface area contributed by atoms with E-state index in [1.807, 2.05) is 0 Å². The number of aromatic nitrogens is 2. The van der Waals surface area contributed by atoms with Crippen molar-refractivity contribution in [2.45, 2.75) is 32.4 Å². The third-order valence-electron chi connectivity index (χ3n) is 6.40. The number of morpholine rings is 2. The summed E-state index contributed by atoms with van der Waals surface area (Å²) in [6.45, 7) is 11.0. The van der Waals surface area contributed by atoms with E-state index in [4.69, 9.17) is 19.4 Å². The minimum Gasteiger partial charge on any atom is -0.379 e. The highest BCUT2D eigenvalue weighted by Gasteiger charge is 2.32. The normalized spacial score (nSPS) is 22.8. The fourth-order valence-corrected chi connectivity index (χ4v) is 5.34. The topological polar surface area (TPSA) is 50.7 Å². The molecule has 1 aromatic carbocycles. The molecule has 2 aliphatic heterocycles. The highest BCUT2D eigenvalue weighted by molar-refractivity contribution is 7.17. The van der Waals surface area contributed by atoms with Crippen molar-refractivity contribution in [1.29, 1.82) is 0 Å². The lowest BCUT2D eigenvalue weighted by molar-refractivity contribution is -0.0442. The first-order valence-electron chi connectivity index (χ1n) is 11.2. The molecule has 0 radical (unpaired) electrons. The molecule has 164 valence electrons. The second kappa shape index (κ2) is 8.82. The highest BCUT2D eigenvalue weighted by atomic mass is 32.1. The number of hydrogen-bond donors (Lipinski definition) is 0. The summed E-state index contributed by atoms with van der Waals surface area (Å²) in [5.41, 5.74) is 2.28. The maximum atomic E-state index is 6.12. The van der Waals surface area contributed by atoms with Crippen LogP contribution >= 0.6 is 11.3 Å². The molecule has 0 aliphatic carbocycles. The first-order valence-corrected chi connectivity index (χ1v) is 12.1. The van der Waals surface area contributed by atoms with E-state index in [0.717, 1.165) is 75.4 Å². The first-order chi connectivity index (χ1) is 15.1. The smallest absolute Gasteiger partial charge is 0.146 e. The summed E-state index contributed by atoms with van der Waals surface area (Å²) >= 11 is 1.72. The lowest BCUT2D eigenvalue weighted by Gasteiger charge is -2.41. The molecule has 1 unspecified atom stereocenters. The minimum absolute atomic E-state index is 0.150. The molecule has 3 aromatic rings. The van der Waals surface area contributed by atoms with Gasteiger partial charge in [-0.3, -0.25) is 4.90 Å². The Morgan fingerprint density at radius 3 is 2.65 bits per heavy atom. The molecule has 0 saturated carbocycles. The number of hydrogen-bond acceptors (Lipinski definition) is 7. The third kappa shape index (κ3) is 4.32. The quantitative estimate of drug-likeness (QED) is 0.595. The average molecular weight is 439 g/mol. The van der Waals surface area contributed by atoms with E-state index in [-0.39, 0.29) is 5.60 Å². The maximum absolute atomic E-state index is 6.12. The molecule has 1 atom stereocenters. The van der Waals surface area contributed by atoms with Gasteiger partial charge < -0.3 is 14.4 Å². The molecular weight excluding hydrogens is 408 g/mol. The summed E-state index contributed by atoms with van der Waals surface area (Å²) in [5, 5.41) is 3.40. The van der Waals surface area contributed by atoms with E-state index in [0.29, 0.717) is 0 Å². The summed E-state index contributed by atoms with van der Waals surface area (Å²) in [7, 11) is 0. The van der Waals surface area contributed by atoms with Gasteiger partial charge in [0.25, 0.3) is 0 Å². The van der Waals surface area contributed by atoms with Gasteiger partial charge in [-0.1, -0.05) is 37.3 Å². The zero-order chi connectivity index (χ0) is 21.3. The van der Waals surface area contributed by atoms with E-state index >= 15 is 0 Å². The second-order valence-corrected chi connectivity index (χ2v) is 9.48. The van der Waals surface area contributed by atoms with Crippen LogP contribution in [-0.2, 0) is 16.0 Å². The highest BCUT2D eigenvalue weighted by Crippen LogP contribution is 2.39. The van der Waals surface area contributed by atoms with E-state index in [1.165, 1.54) is 16.5 Å². The standard InChI is InChI=1S/C24H30N4O2S/c1-3-24(2)17-28(11-14-30-24)22-21-19(18-7-5-4-6-8-18)16-31-23(21)26-20(25-22)15-27-9-12-29-13-10-27/h4-8,16H,3,9-15,17H2,1-2H3. The van der Waals surface area contributed by atoms with Crippen LogP contribution in [-0.4, -0.2) is 66.5 Å². The van der Waals surface area contributed by atoms with Gasteiger partial charge in [0.15, 0.2) is 0 Å². The molecule has 0 spiro atoms. The van der Waals surface area contributed by atoms with Crippen LogP contribution < -0.4 is 4.90 Å². The second-order valence-electron chi connectivity index (χ2n) is 8.62. The van der Waals surface area contributed by atoms with Gasteiger partial charge in [0.1, 0.15) is 16.5 Å². The van der Waals surface area contributed by atoms with E-state index < -0.39 is 0 Å². The molecule has 5 rings (SSSR count). The lowest BCUT2D eigenvalue weighted by atomic mass is 10.00. The van der Waals surface area contributed by atoms with Crippen LogP contribution in [0.3, 0.4) is 0 Å².